The zero-order valence-corrected chi connectivity index (χ0v) is 13.2. The van der Waals surface area contributed by atoms with Crippen LogP contribution in [0.2, 0.25) is 5.02 Å². The zero-order valence-electron chi connectivity index (χ0n) is 12.5. The molecular weight excluding hydrogens is 363 g/mol. The lowest BCUT2D eigenvalue weighted by Gasteiger charge is -2.08. The third kappa shape index (κ3) is 5.68. The number of nitrogens with one attached hydrogen (secondary N) is 1. The average Bonchev–Trinajstić information content (AvgIpc) is 2.56. The Hall–Kier alpha value is -2.74. The van der Waals surface area contributed by atoms with Gasteiger partial charge in [0.2, 0.25) is 0 Å². The smallest absolute Gasteiger partial charge is 0.387 e. The highest BCUT2D eigenvalue weighted by atomic mass is 35.5. The quantitative estimate of drug-likeness (QED) is 0.780. The van der Waals surface area contributed by atoms with Crippen LogP contribution in [0.15, 0.2) is 42.5 Å². The van der Waals surface area contributed by atoms with Crippen molar-refractivity contribution < 1.29 is 32.2 Å². The summed E-state index contributed by atoms with van der Waals surface area (Å²) in [6, 6.07) is 8.47. The predicted molar refractivity (Wildman–Crippen MR) is 83.4 cm³/mol. The number of carbonyl (C=O) groups excluding carboxylic acids is 2. The summed E-state index contributed by atoms with van der Waals surface area (Å²) in [5.74, 6) is -2.64. The van der Waals surface area contributed by atoms with Crippen molar-refractivity contribution >= 4 is 29.2 Å². The molecule has 0 aliphatic carbocycles. The molecule has 5 nitrogen and oxygen atoms in total. The van der Waals surface area contributed by atoms with Crippen LogP contribution in [0, 0.1) is 5.82 Å². The van der Waals surface area contributed by atoms with Gasteiger partial charge in [0.1, 0.15) is 11.6 Å². The first-order valence-electron chi connectivity index (χ1n) is 6.82. The van der Waals surface area contributed by atoms with E-state index in [4.69, 9.17) is 16.3 Å². The van der Waals surface area contributed by atoms with Gasteiger partial charge < -0.3 is 14.8 Å². The maximum absolute atomic E-state index is 13.5. The van der Waals surface area contributed by atoms with E-state index in [9.17, 15) is 22.8 Å². The van der Waals surface area contributed by atoms with Crippen LogP contribution in [0.4, 0.5) is 18.9 Å². The summed E-state index contributed by atoms with van der Waals surface area (Å²) < 4.78 is 46.4. The number of ether oxygens (including phenoxy) is 2. The Morgan fingerprint density at radius 1 is 1.12 bits per heavy atom. The van der Waals surface area contributed by atoms with Crippen molar-refractivity contribution in [1.29, 1.82) is 0 Å². The number of benzene rings is 2. The Balaban J connectivity index is 1.88. The SMILES string of the molecule is O=C(COC(=O)c1cc(Cl)ccc1F)Nc1ccc(OC(F)F)cc1. The van der Waals surface area contributed by atoms with Gasteiger partial charge >= 0.3 is 12.6 Å². The molecule has 0 atom stereocenters. The second-order valence-electron chi connectivity index (χ2n) is 4.65. The molecular formula is C16H11ClF3NO4. The number of halogens is 4. The first-order chi connectivity index (χ1) is 11.8. The lowest BCUT2D eigenvalue weighted by Crippen LogP contribution is -2.21. The maximum Gasteiger partial charge on any atom is 0.387 e. The molecule has 25 heavy (non-hydrogen) atoms. The summed E-state index contributed by atoms with van der Waals surface area (Å²) in [6.45, 7) is -3.62. The van der Waals surface area contributed by atoms with E-state index in [0.717, 1.165) is 12.1 Å². The molecule has 0 radical (unpaired) electrons. The molecule has 0 saturated carbocycles. The largest absolute Gasteiger partial charge is 0.452 e. The predicted octanol–water partition coefficient (Wildman–Crippen LogP) is 3.88. The van der Waals surface area contributed by atoms with E-state index < -0.39 is 36.5 Å². The molecule has 0 unspecified atom stereocenters. The topological polar surface area (TPSA) is 64.6 Å². The minimum absolute atomic E-state index is 0.0733. The molecule has 0 bridgehead atoms. The molecule has 0 spiro atoms. The number of hydrogen-bond donors (Lipinski definition) is 1. The molecule has 1 amide bonds. The van der Waals surface area contributed by atoms with Crippen LogP contribution in [-0.2, 0) is 9.53 Å². The number of anilines is 1. The Labute approximate surface area is 145 Å². The minimum Gasteiger partial charge on any atom is -0.452 e. The molecule has 9 heteroatoms. The van der Waals surface area contributed by atoms with Crippen LogP contribution >= 0.6 is 11.6 Å². The van der Waals surface area contributed by atoms with Crippen LogP contribution in [0.3, 0.4) is 0 Å². The summed E-state index contributed by atoms with van der Waals surface area (Å²) in [6.07, 6.45) is 0. The normalized spacial score (nSPS) is 10.4. The van der Waals surface area contributed by atoms with Gasteiger partial charge in [-0.1, -0.05) is 11.6 Å². The van der Waals surface area contributed by atoms with Gasteiger partial charge in [-0.3, -0.25) is 4.79 Å². The van der Waals surface area contributed by atoms with Crippen molar-refractivity contribution in [1.82, 2.24) is 0 Å². The van der Waals surface area contributed by atoms with Gasteiger partial charge in [0, 0.05) is 10.7 Å². The second-order valence-corrected chi connectivity index (χ2v) is 5.09. The summed E-state index contributed by atoms with van der Waals surface area (Å²) in [4.78, 5) is 23.4. The van der Waals surface area contributed by atoms with E-state index in [1.807, 2.05) is 0 Å². The van der Waals surface area contributed by atoms with E-state index in [1.54, 1.807) is 0 Å². The molecule has 1 N–H and O–H groups in total. The third-order valence-electron chi connectivity index (χ3n) is 2.85. The van der Waals surface area contributed by atoms with Crippen molar-refractivity contribution in [3.63, 3.8) is 0 Å². The van der Waals surface area contributed by atoms with Crippen molar-refractivity contribution in [2.24, 2.45) is 0 Å². The van der Waals surface area contributed by atoms with E-state index in [0.29, 0.717) is 0 Å². The molecule has 0 saturated heterocycles. The molecule has 0 heterocycles. The van der Waals surface area contributed by atoms with Crippen LogP contribution in [0.1, 0.15) is 10.4 Å². The van der Waals surface area contributed by atoms with Crippen molar-refractivity contribution in [3.05, 3.63) is 58.9 Å². The molecule has 0 aromatic heterocycles. The average molecular weight is 374 g/mol. The highest BCUT2D eigenvalue weighted by Crippen LogP contribution is 2.18. The molecule has 0 fully saturated rings. The lowest BCUT2D eigenvalue weighted by atomic mass is 10.2. The van der Waals surface area contributed by atoms with Crippen LogP contribution < -0.4 is 10.1 Å². The molecule has 0 aliphatic rings. The van der Waals surface area contributed by atoms with E-state index in [1.165, 1.54) is 30.3 Å². The van der Waals surface area contributed by atoms with Crippen molar-refractivity contribution in [2.75, 3.05) is 11.9 Å². The second kappa shape index (κ2) is 8.39. The summed E-state index contributed by atoms with van der Waals surface area (Å²) >= 11 is 5.66. The maximum atomic E-state index is 13.5. The highest BCUT2D eigenvalue weighted by Gasteiger charge is 2.15. The van der Waals surface area contributed by atoms with Gasteiger partial charge in [-0.15, -0.1) is 0 Å². The zero-order chi connectivity index (χ0) is 18.4. The number of alkyl halides is 2. The monoisotopic (exact) mass is 373 g/mol. The summed E-state index contributed by atoms with van der Waals surface area (Å²) in [7, 11) is 0. The molecule has 2 aromatic rings. The Morgan fingerprint density at radius 3 is 2.44 bits per heavy atom. The first kappa shape index (κ1) is 18.6. The van der Waals surface area contributed by atoms with Gasteiger partial charge in [-0.25, -0.2) is 9.18 Å². The fourth-order valence-electron chi connectivity index (χ4n) is 1.78. The number of amides is 1. The van der Waals surface area contributed by atoms with Gasteiger partial charge in [-0.2, -0.15) is 8.78 Å². The molecule has 2 aromatic carbocycles. The molecule has 132 valence electrons. The van der Waals surface area contributed by atoms with E-state index in [-0.39, 0.29) is 16.5 Å². The van der Waals surface area contributed by atoms with Gasteiger partial charge in [-0.05, 0) is 42.5 Å². The Kier molecular flexibility index (Phi) is 6.24. The number of rotatable bonds is 6. The van der Waals surface area contributed by atoms with E-state index >= 15 is 0 Å². The fraction of sp³-hybridized carbons (Fsp3) is 0.125. The highest BCUT2D eigenvalue weighted by molar-refractivity contribution is 6.30. The van der Waals surface area contributed by atoms with Crippen LogP contribution in [0.5, 0.6) is 5.75 Å². The van der Waals surface area contributed by atoms with Crippen LogP contribution in [0.25, 0.3) is 0 Å². The lowest BCUT2D eigenvalue weighted by molar-refractivity contribution is -0.119. The summed E-state index contributed by atoms with van der Waals surface area (Å²) in [5.41, 5.74) is -0.120. The molecule has 2 rings (SSSR count). The number of esters is 1. The molecule has 0 aliphatic heterocycles. The Bertz CT molecular complexity index is 768. The van der Waals surface area contributed by atoms with Crippen molar-refractivity contribution in [2.45, 2.75) is 6.61 Å². The number of hydrogen-bond acceptors (Lipinski definition) is 4. The van der Waals surface area contributed by atoms with Gasteiger partial charge in [0.25, 0.3) is 5.91 Å². The van der Waals surface area contributed by atoms with Gasteiger partial charge in [0.15, 0.2) is 6.61 Å². The van der Waals surface area contributed by atoms with E-state index in [2.05, 4.69) is 10.1 Å². The summed E-state index contributed by atoms with van der Waals surface area (Å²) in [5, 5.41) is 2.52. The fourth-order valence-corrected chi connectivity index (χ4v) is 1.95. The minimum atomic E-state index is -2.95. The van der Waals surface area contributed by atoms with Crippen LogP contribution in [-0.4, -0.2) is 25.1 Å². The standard InChI is InChI=1S/C16H11ClF3NO4/c17-9-1-6-13(18)12(7-9)15(23)24-8-14(22)21-10-2-4-11(5-3-10)25-16(19)20/h1-7,16H,8H2,(H,21,22). The Morgan fingerprint density at radius 2 is 1.80 bits per heavy atom. The first-order valence-corrected chi connectivity index (χ1v) is 7.20. The van der Waals surface area contributed by atoms with Gasteiger partial charge in [0.05, 0.1) is 5.56 Å². The van der Waals surface area contributed by atoms with Crippen molar-refractivity contribution in [3.8, 4) is 5.75 Å². The number of carbonyl (C=O) groups is 2. The third-order valence-corrected chi connectivity index (χ3v) is 3.08.